The maximum Gasteiger partial charge on any atom is 0.420 e. The van der Waals surface area contributed by atoms with Crippen molar-refractivity contribution in [3.63, 3.8) is 0 Å². The highest BCUT2D eigenvalue weighted by atomic mass is 32.1. The van der Waals surface area contributed by atoms with E-state index in [9.17, 15) is 18.0 Å². The number of aryl methyl sites for hydroxylation is 1. The number of aromatic nitrogens is 2. The van der Waals surface area contributed by atoms with Gasteiger partial charge >= 0.3 is 12.1 Å². The minimum atomic E-state index is -4.52. The molecule has 4 nitrogen and oxygen atoms in total. The van der Waals surface area contributed by atoms with Gasteiger partial charge in [0.2, 0.25) is 0 Å². The highest BCUT2D eigenvalue weighted by molar-refractivity contribution is 7.17. The molecule has 8 heteroatoms. The number of halogens is 3. The second-order valence-corrected chi connectivity index (χ2v) is 4.58. The lowest BCUT2D eigenvalue weighted by Gasteiger charge is -2.07. The van der Waals surface area contributed by atoms with Gasteiger partial charge in [0.05, 0.1) is 16.8 Å². The average molecular weight is 276 g/mol. The molecule has 0 aliphatic rings. The summed E-state index contributed by atoms with van der Waals surface area (Å²) in [6.45, 7) is 0. The van der Waals surface area contributed by atoms with Gasteiger partial charge < -0.3 is 5.11 Å². The van der Waals surface area contributed by atoms with E-state index < -0.39 is 17.7 Å². The average Bonchev–Trinajstić information content (AvgIpc) is 2.81. The number of aromatic carboxylic acids is 1. The van der Waals surface area contributed by atoms with Gasteiger partial charge in [-0.15, -0.1) is 11.3 Å². The molecule has 2 rings (SSSR count). The summed E-state index contributed by atoms with van der Waals surface area (Å²) in [7, 11) is 1.38. The molecular formula is C10H7F3N2O2S. The summed E-state index contributed by atoms with van der Waals surface area (Å²) in [5.41, 5.74) is -0.996. The highest BCUT2D eigenvalue weighted by Crippen LogP contribution is 2.39. The summed E-state index contributed by atoms with van der Waals surface area (Å²) in [5, 5.41) is 12.3. The zero-order valence-electron chi connectivity index (χ0n) is 9.02. The van der Waals surface area contributed by atoms with E-state index in [-0.39, 0.29) is 15.4 Å². The van der Waals surface area contributed by atoms with Crippen LogP contribution in [-0.2, 0) is 13.2 Å². The lowest BCUT2D eigenvalue weighted by atomic mass is 10.2. The van der Waals surface area contributed by atoms with Crippen LogP contribution in [-0.4, -0.2) is 20.9 Å². The van der Waals surface area contributed by atoms with Gasteiger partial charge in [0.25, 0.3) is 0 Å². The van der Waals surface area contributed by atoms with Crippen LogP contribution >= 0.6 is 11.3 Å². The predicted molar refractivity (Wildman–Crippen MR) is 58.5 cm³/mol. The first kappa shape index (κ1) is 12.6. The number of carbonyl (C=O) groups is 1. The molecule has 0 fully saturated rings. The van der Waals surface area contributed by atoms with Crippen LogP contribution in [0.5, 0.6) is 0 Å². The molecule has 0 aromatic carbocycles. The Kier molecular flexibility index (Phi) is 2.89. The Hall–Kier alpha value is -1.83. The van der Waals surface area contributed by atoms with E-state index in [1.165, 1.54) is 19.2 Å². The molecule has 2 heterocycles. The van der Waals surface area contributed by atoms with E-state index >= 15 is 0 Å². The molecule has 0 unspecified atom stereocenters. The van der Waals surface area contributed by atoms with Gasteiger partial charge in [-0.1, -0.05) is 0 Å². The number of hydrogen-bond donors (Lipinski definition) is 1. The van der Waals surface area contributed by atoms with Gasteiger partial charge in [-0.25, -0.2) is 4.79 Å². The van der Waals surface area contributed by atoms with E-state index in [1.807, 2.05) is 0 Å². The van der Waals surface area contributed by atoms with Crippen molar-refractivity contribution < 1.29 is 23.1 Å². The van der Waals surface area contributed by atoms with Crippen LogP contribution in [0.15, 0.2) is 18.3 Å². The maximum absolute atomic E-state index is 12.7. The topological polar surface area (TPSA) is 55.1 Å². The van der Waals surface area contributed by atoms with E-state index in [0.717, 1.165) is 22.2 Å². The van der Waals surface area contributed by atoms with Crippen LogP contribution in [0.4, 0.5) is 13.2 Å². The van der Waals surface area contributed by atoms with Crippen molar-refractivity contribution in [2.45, 2.75) is 6.18 Å². The van der Waals surface area contributed by atoms with Crippen LogP contribution in [0, 0.1) is 0 Å². The normalized spacial score (nSPS) is 11.8. The number of carboxylic acids is 1. The molecule has 96 valence electrons. The molecule has 0 spiro atoms. The summed E-state index contributed by atoms with van der Waals surface area (Å²) in [6.07, 6.45) is -3.79. The zero-order valence-corrected chi connectivity index (χ0v) is 9.84. The Labute approximate surface area is 103 Å². The lowest BCUT2D eigenvalue weighted by Crippen LogP contribution is -2.06. The molecule has 0 atom stereocenters. The summed E-state index contributed by atoms with van der Waals surface area (Å²) in [6, 6.07) is 2.62. The molecule has 0 bridgehead atoms. The standard InChI is InChI=1S/C10H7F3N2O2S/c1-15-8(5(4-14-15)10(11,12)13)6-2-3-7(18-6)9(16)17/h2-4H,1H3,(H,16,17). The third-order valence-electron chi connectivity index (χ3n) is 2.29. The SMILES string of the molecule is Cn1ncc(C(F)(F)F)c1-c1ccc(C(=O)O)s1. The first-order valence-electron chi connectivity index (χ1n) is 4.73. The molecule has 2 aromatic rings. The number of alkyl halides is 3. The van der Waals surface area contributed by atoms with Crippen molar-refractivity contribution in [2.75, 3.05) is 0 Å². The lowest BCUT2D eigenvalue weighted by molar-refractivity contribution is -0.137. The third-order valence-corrected chi connectivity index (χ3v) is 3.37. The second kappa shape index (κ2) is 4.13. The van der Waals surface area contributed by atoms with Crippen molar-refractivity contribution in [2.24, 2.45) is 7.05 Å². The van der Waals surface area contributed by atoms with Crippen molar-refractivity contribution in [3.05, 3.63) is 28.8 Å². The molecule has 0 aliphatic carbocycles. The van der Waals surface area contributed by atoms with Gasteiger partial charge in [0.1, 0.15) is 10.4 Å². The Morgan fingerprint density at radius 3 is 2.61 bits per heavy atom. The fraction of sp³-hybridized carbons (Fsp3) is 0.200. The molecular weight excluding hydrogens is 269 g/mol. The summed E-state index contributed by atoms with van der Waals surface area (Å²) < 4.78 is 39.3. The largest absolute Gasteiger partial charge is 0.477 e. The minimum Gasteiger partial charge on any atom is -0.477 e. The van der Waals surface area contributed by atoms with Crippen LogP contribution in [0.25, 0.3) is 10.6 Å². The van der Waals surface area contributed by atoms with Crippen molar-refractivity contribution in [1.29, 1.82) is 0 Å². The van der Waals surface area contributed by atoms with Gasteiger partial charge in [-0.05, 0) is 12.1 Å². The molecule has 0 radical (unpaired) electrons. The Morgan fingerprint density at radius 1 is 1.44 bits per heavy atom. The Bertz CT molecular complexity index is 601. The predicted octanol–water partition coefficient (Wildman–Crippen LogP) is 2.87. The zero-order chi connectivity index (χ0) is 13.5. The molecule has 0 saturated heterocycles. The number of nitrogens with zero attached hydrogens (tertiary/aromatic N) is 2. The maximum atomic E-state index is 12.7. The van der Waals surface area contributed by atoms with E-state index in [4.69, 9.17) is 5.11 Å². The molecule has 0 amide bonds. The molecule has 18 heavy (non-hydrogen) atoms. The molecule has 0 saturated carbocycles. The van der Waals surface area contributed by atoms with Gasteiger partial charge in [0.15, 0.2) is 0 Å². The summed E-state index contributed by atoms with van der Waals surface area (Å²) in [5.74, 6) is -1.16. The monoisotopic (exact) mass is 276 g/mol. The molecule has 0 aliphatic heterocycles. The fourth-order valence-electron chi connectivity index (χ4n) is 1.52. The van der Waals surface area contributed by atoms with E-state index in [1.54, 1.807) is 0 Å². The highest BCUT2D eigenvalue weighted by Gasteiger charge is 2.36. The number of carboxylic acid groups (broad SMARTS) is 1. The first-order valence-corrected chi connectivity index (χ1v) is 5.55. The fourth-order valence-corrected chi connectivity index (χ4v) is 2.45. The summed E-state index contributed by atoms with van der Waals surface area (Å²) >= 11 is 0.783. The smallest absolute Gasteiger partial charge is 0.420 e. The second-order valence-electron chi connectivity index (χ2n) is 3.50. The third kappa shape index (κ3) is 2.10. The van der Waals surface area contributed by atoms with E-state index in [2.05, 4.69) is 5.10 Å². The van der Waals surface area contributed by atoms with Gasteiger partial charge in [-0.2, -0.15) is 18.3 Å². The molecule has 2 aromatic heterocycles. The Balaban J connectivity index is 2.56. The number of hydrogen-bond acceptors (Lipinski definition) is 3. The van der Waals surface area contributed by atoms with Crippen LogP contribution in [0.2, 0.25) is 0 Å². The number of thiophene rings is 1. The van der Waals surface area contributed by atoms with Crippen LogP contribution < -0.4 is 0 Å². The van der Waals surface area contributed by atoms with Gasteiger partial charge in [0, 0.05) is 7.05 Å². The van der Waals surface area contributed by atoms with E-state index in [0.29, 0.717) is 0 Å². The number of rotatable bonds is 2. The minimum absolute atomic E-state index is 0.0145. The Morgan fingerprint density at radius 2 is 2.11 bits per heavy atom. The van der Waals surface area contributed by atoms with Crippen LogP contribution in [0.1, 0.15) is 15.2 Å². The van der Waals surface area contributed by atoms with Crippen LogP contribution in [0.3, 0.4) is 0 Å². The van der Waals surface area contributed by atoms with Gasteiger partial charge in [-0.3, -0.25) is 4.68 Å². The van der Waals surface area contributed by atoms with Crippen molar-refractivity contribution in [3.8, 4) is 10.6 Å². The quantitative estimate of drug-likeness (QED) is 0.917. The van der Waals surface area contributed by atoms with Crippen molar-refractivity contribution in [1.82, 2.24) is 9.78 Å². The summed E-state index contributed by atoms with van der Waals surface area (Å²) in [4.78, 5) is 10.9. The molecule has 1 N–H and O–H groups in total. The van der Waals surface area contributed by atoms with Crippen molar-refractivity contribution >= 4 is 17.3 Å². The first-order chi connectivity index (χ1) is 8.30.